The van der Waals surface area contributed by atoms with E-state index in [1.54, 1.807) is 11.1 Å². The topological polar surface area (TPSA) is 0 Å². The van der Waals surface area contributed by atoms with E-state index in [1.807, 2.05) is 0 Å². The third kappa shape index (κ3) is 1.20. The molecule has 0 bridgehead atoms. The van der Waals surface area contributed by atoms with E-state index < -0.39 is 0 Å². The summed E-state index contributed by atoms with van der Waals surface area (Å²) in [4.78, 5) is 0. The van der Waals surface area contributed by atoms with Crippen molar-refractivity contribution >= 4 is 0 Å². The second-order valence-corrected chi connectivity index (χ2v) is 4.52. The van der Waals surface area contributed by atoms with Gasteiger partial charge in [-0.25, -0.2) is 0 Å². The molecule has 13 heavy (non-hydrogen) atoms. The predicted octanol–water partition coefficient (Wildman–Crippen LogP) is 3.62. The van der Waals surface area contributed by atoms with Crippen molar-refractivity contribution in [3.8, 4) is 0 Å². The predicted molar refractivity (Wildman–Crippen MR) is 55.4 cm³/mol. The fourth-order valence-corrected chi connectivity index (χ4v) is 2.98. The first-order valence-electron chi connectivity index (χ1n) is 5.50. The molecule has 0 saturated heterocycles. The summed E-state index contributed by atoms with van der Waals surface area (Å²) in [6.07, 6.45) is 16.5. The molecule has 0 heteroatoms. The van der Waals surface area contributed by atoms with Crippen LogP contribution in [0.5, 0.6) is 0 Å². The molecular weight excluding hydrogens is 156 g/mol. The Hall–Kier alpha value is -0.780. The normalized spacial score (nSPS) is 36.3. The summed E-state index contributed by atoms with van der Waals surface area (Å²) < 4.78 is 0. The van der Waals surface area contributed by atoms with Gasteiger partial charge in [-0.15, -0.1) is 0 Å². The number of hydrogen-bond donors (Lipinski definition) is 0. The van der Waals surface area contributed by atoms with Crippen LogP contribution in [0.1, 0.15) is 32.1 Å². The molecule has 0 amide bonds. The molecule has 0 aromatic carbocycles. The molecule has 0 aromatic rings. The van der Waals surface area contributed by atoms with Crippen LogP contribution < -0.4 is 0 Å². The molecule has 0 heterocycles. The smallest absolute Gasteiger partial charge is 0.00977 e. The molecule has 0 aliphatic heterocycles. The molecule has 3 rings (SSSR count). The zero-order valence-corrected chi connectivity index (χ0v) is 8.00. The summed E-state index contributed by atoms with van der Waals surface area (Å²) in [6, 6.07) is 0. The maximum Gasteiger partial charge on any atom is -0.00977 e. The highest BCUT2D eigenvalue weighted by atomic mass is 14.3. The minimum atomic E-state index is 0.894. The Bertz CT molecular complexity index is 274. The molecule has 0 N–H and O–H groups in total. The Balaban J connectivity index is 1.96. The van der Waals surface area contributed by atoms with Crippen LogP contribution in [-0.2, 0) is 0 Å². The van der Waals surface area contributed by atoms with Gasteiger partial charge in [-0.2, -0.15) is 0 Å². The first-order chi connectivity index (χ1) is 6.43. The Labute approximate surface area is 80.0 Å². The SMILES string of the molecule is C1=CCC2=CC3CCCC3C=C2C1. The molecule has 1 fully saturated rings. The first kappa shape index (κ1) is 7.61. The number of hydrogen-bond acceptors (Lipinski definition) is 0. The molecule has 0 aromatic heterocycles. The number of fused-ring (bicyclic) bond motifs is 2. The van der Waals surface area contributed by atoms with Gasteiger partial charge in [-0.3, -0.25) is 0 Å². The molecule has 0 radical (unpaired) electrons. The van der Waals surface area contributed by atoms with Crippen LogP contribution in [0.4, 0.5) is 0 Å². The van der Waals surface area contributed by atoms with Gasteiger partial charge in [0.15, 0.2) is 0 Å². The molecular formula is C13H16. The van der Waals surface area contributed by atoms with Crippen molar-refractivity contribution in [2.45, 2.75) is 32.1 Å². The monoisotopic (exact) mass is 172 g/mol. The van der Waals surface area contributed by atoms with Crippen LogP contribution in [0.3, 0.4) is 0 Å². The molecule has 3 aliphatic carbocycles. The lowest BCUT2D eigenvalue weighted by molar-refractivity contribution is 0.540. The minimum Gasteiger partial charge on any atom is -0.0838 e. The molecule has 1 saturated carbocycles. The van der Waals surface area contributed by atoms with Crippen LogP contribution in [0.2, 0.25) is 0 Å². The van der Waals surface area contributed by atoms with Crippen molar-refractivity contribution in [1.82, 2.24) is 0 Å². The molecule has 3 aliphatic rings. The third-order valence-corrected chi connectivity index (χ3v) is 3.71. The van der Waals surface area contributed by atoms with E-state index in [2.05, 4.69) is 24.3 Å². The lowest BCUT2D eigenvalue weighted by Crippen LogP contribution is -2.11. The van der Waals surface area contributed by atoms with Crippen LogP contribution >= 0.6 is 0 Å². The van der Waals surface area contributed by atoms with Gasteiger partial charge in [0, 0.05) is 0 Å². The van der Waals surface area contributed by atoms with E-state index in [1.165, 1.54) is 32.1 Å². The maximum atomic E-state index is 2.57. The van der Waals surface area contributed by atoms with Gasteiger partial charge in [0.2, 0.25) is 0 Å². The zero-order valence-electron chi connectivity index (χ0n) is 8.00. The van der Waals surface area contributed by atoms with Gasteiger partial charge >= 0.3 is 0 Å². The molecule has 2 atom stereocenters. The van der Waals surface area contributed by atoms with Gasteiger partial charge in [0.05, 0.1) is 0 Å². The molecule has 0 spiro atoms. The Kier molecular flexibility index (Phi) is 1.68. The second-order valence-electron chi connectivity index (χ2n) is 4.52. The Morgan fingerprint density at radius 2 is 1.38 bits per heavy atom. The van der Waals surface area contributed by atoms with Crippen molar-refractivity contribution in [2.24, 2.45) is 11.8 Å². The highest BCUT2D eigenvalue weighted by molar-refractivity contribution is 5.41. The summed E-state index contributed by atoms with van der Waals surface area (Å²) in [5.41, 5.74) is 3.26. The number of rotatable bonds is 0. The largest absolute Gasteiger partial charge is 0.0838 e. The standard InChI is InChI=1S/C13H16/c1-2-5-11-9-13-7-3-6-12(13)8-10(11)4-1/h1-2,8-9,12-13H,3-7H2. The molecule has 2 unspecified atom stereocenters. The van der Waals surface area contributed by atoms with Crippen molar-refractivity contribution < 1.29 is 0 Å². The molecule has 68 valence electrons. The maximum absolute atomic E-state index is 2.57. The fraction of sp³-hybridized carbons (Fsp3) is 0.538. The van der Waals surface area contributed by atoms with Gasteiger partial charge in [-0.1, -0.05) is 30.7 Å². The summed E-state index contributed by atoms with van der Waals surface area (Å²) >= 11 is 0. The second kappa shape index (κ2) is 2.87. The van der Waals surface area contributed by atoms with E-state index in [-0.39, 0.29) is 0 Å². The third-order valence-electron chi connectivity index (χ3n) is 3.71. The first-order valence-corrected chi connectivity index (χ1v) is 5.50. The van der Waals surface area contributed by atoms with Gasteiger partial charge in [0.1, 0.15) is 0 Å². The van der Waals surface area contributed by atoms with Crippen molar-refractivity contribution in [3.63, 3.8) is 0 Å². The van der Waals surface area contributed by atoms with E-state index >= 15 is 0 Å². The van der Waals surface area contributed by atoms with Gasteiger partial charge in [0.25, 0.3) is 0 Å². The van der Waals surface area contributed by atoms with E-state index in [0.717, 1.165) is 11.8 Å². The summed E-state index contributed by atoms with van der Waals surface area (Å²) in [5.74, 6) is 1.79. The average molecular weight is 172 g/mol. The highest BCUT2D eigenvalue weighted by Gasteiger charge is 2.28. The Morgan fingerprint density at radius 3 is 1.92 bits per heavy atom. The fourth-order valence-electron chi connectivity index (χ4n) is 2.98. The van der Waals surface area contributed by atoms with Gasteiger partial charge < -0.3 is 0 Å². The van der Waals surface area contributed by atoms with E-state index in [9.17, 15) is 0 Å². The van der Waals surface area contributed by atoms with Crippen molar-refractivity contribution in [1.29, 1.82) is 0 Å². The quantitative estimate of drug-likeness (QED) is 0.489. The average Bonchev–Trinajstić information content (AvgIpc) is 2.61. The summed E-state index contributed by atoms with van der Waals surface area (Å²) in [5, 5.41) is 0. The van der Waals surface area contributed by atoms with Crippen molar-refractivity contribution in [2.75, 3.05) is 0 Å². The van der Waals surface area contributed by atoms with Gasteiger partial charge in [-0.05, 0) is 48.7 Å². The Morgan fingerprint density at radius 1 is 0.846 bits per heavy atom. The van der Waals surface area contributed by atoms with E-state index in [4.69, 9.17) is 0 Å². The van der Waals surface area contributed by atoms with Crippen LogP contribution in [0.15, 0.2) is 35.5 Å². The lowest BCUT2D eigenvalue weighted by atomic mass is 9.80. The number of allylic oxidation sites excluding steroid dienone is 6. The minimum absolute atomic E-state index is 0.894. The van der Waals surface area contributed by atoms with Crippen LogP contribution in [0, 0.1) is 11.8 Å². The van der Waals surface area contributed by atoms with E-state index in [0.29, 0.717) is 0 Å². The summed E-state index contributed by atoms with van der Waals surface area (Å²) in [6.45, 7) is 0. The van der Waals surface area contributed by atoms with Crippen LogP contribution in [0.25, 0.3) is 0 Å². The zero-order chi connectivity index (χ0) is 8.67. The van der Waals surface area contributed by atoms with Crippen LogP contribution in [-0.4, -0.2) is 0 Å². The highest BCUT2D eigenvalue weighted by Crippen LogP contribution is 2.42. The van der Waals surface area contributed by atoms with Crippen molar-refractivity contribution in [3.05, 3.63) is 35.5 Å². The molecule has 0 nitrogen and oxygen atoms in total. The lowest BCUT2D eigenvalue weighted by Gasteiger charge is -2.25. The summed E-state index contributed by atoms with van der Waals surface area (Å²) in [7, 11) is 0.